The van der Waals surface area contributed by atoms with Gasteiger partial charge in [-0.25, -0.2) is 8.42 Å². The number of hydrogen-bond acceptors (Lipinski definition) is 16. The van der Waals surface area contributed by atoms with Crippen LogP contribution in [0.15, 0.2) is 73.3 Å². The standard InChI is InChI=1S/C17H24ClN5O2S.C16H19ClN4O.C16H21ClN4O.C14H17ClN4O2/c1-26(24,25)23-8-6-21(7-9-23)14-2-4-22(5-3-14)17-11-13(18)10-16-15(17)12-19-20-16;1-11(22)20-4-2-16(3-5-20)9-21(10-16)15-7-12(17)6-14-13(15)8-18-19-14;17-12-9-15-14(11-18-19-15)16(10-12)21-3-1-13(2-4-21)20-5-7-22-8-6-20;1-9(21)19-3-2-18(7-11(19)8-20)14-5-10(15)4-13-12(14)6-16-17-13/h10-12,14H,2-9H2,1H3,(H,19,20);6-8H,2-5,9-10H2,1H3,(H,18,19);9-11,13H,1-8H2,(H,18,19);4-6,11,20H,2-3,7-8H2,1H3,(H,16,17). The van der Waals surface area contributed by atoms with Gasteiger partial charge in [-0.1, -0.05) is 46.4 Å². The van der Waals surface area contributed by atoms with E-state index in [1.54, 1.807) is 22.3 Å². The molecular formula is C63H81Cl4N17O6S. The lowest BCUT2D eigenvalue weighted by atomic mass is 9.71. The Bertz CT molecular complexity index is 3930. The molecule has 488 valence electrons. The fourth-order valence-corrected chi connectivity index (χ4v) is 16.2. The molecule has 0 radical (unpaired) electrons. The van der Waals surface area contributed by atoms with Crippen molar-refractivity contribution in [3.8, 4) is 0 Å². The molecule has 7 aliphatic rings. The Kier molecular flexibility index (Phi) is 20.1. The fraction of sp³-hybridized carbons (Fsp3) is 0.524. The van der Waals surface area contributed by atoms with Crippen molar-refractivity contribution < 1.29 is 27.9 Å². The zero-order chi connectivity index (χ0) is 63.6. The number of hydrogen-bond donors (Lipinski definition) is 5. The first-order valence-corrected chi connectivity index (χ1v) is 34.9. The number of aliphatic hydroxyl groups excluding tert-OH is 1. The van der Waals surface area contributed by atoms with Gasteiger partial charge in [0.1, 0.15) is 0 Å². The van der Waals surface area contributed by atoms with E-state index in [1.165, 1.54) is 31.7 Å². The van der Waals surface area contributed by atoms with Gasteiger partial charge in [-0.3, -0.25) is 39.8 Å². The number of nitrogens with zero attached hydrogens (tertiary/aromatic N) is 13. The van der Waals surface area contributed by atoms with Crippen molar-refractivity contribution in [3.05, 3.63) is 93.4 Å². The predicted molar refractivity (Wildman–Crippen MR) is 362 cm³/mol. The second-order valence-electron chi connectivity index (χ2n) is 25.2. The van der Waals surface area contributed by atoms with Crippen LogP contribution in [0.1, 0.15) is 52.4 Å². The van der Waals surface area contributed by atoms with Crippen molar-refractivity contribution in [2.45, 2.75) is 70.5 Å². The second kappa shape index (κ2) is 28.2. The van der Waals surface area contributed by atoms with E-state index in [0.717, 1.165) is 193 Å². The monoisotopic (exact) mass is 1340 g/mol. The molecule has 4 aromatic heterocycles. The molecule has 5 N–H and O–H groups in total. The highest BCUT2D eigenvalue weighted by molar-refractivity contribution is 7.88. The summed E-state index contributed by atoms with van der Waals surface area (Å²) in [7, 11) is -3.07. The number of halogens is 4. The van der Waals surface area contributed by atoms with E-state index >= 15 is 0 Å². The normalized spacial score (nSPS) is 20.8. The third kappa shape index (κ3) is 14.8. The number of aliphatic hydroxyl groups is 1. The molecular weight excluding hydrogens is 1260 g/mol. The number of aromatic nitrogens is 8. The molecule has 7 aliphatic heterocycles. The Labute approximate surface area is 550 Å². The summed E-state index contributed by atoms with van der Waals surface area (Å²) in [4.78, 5) is 41.1. The average Bonchev–Trinajstić information content (AvgIpc) is 1.67. The summed E-state index contributed by atoms with van der Waals surface area (Å²) in [5.74, 6) is 0.189. The molecule has 0 bridgehead atoms. The number of H-pyrrole nitrogens is 4. The largest absolute Gasteiger partial charge is 0.394 e. The Hall–Kier alpha value is -6.19. The molecule has 1 atom stereocenters. The van der Waals surface area contributed by atoms with Gasteiger partial charge in [0.15, 0.2) is 0 Å². The van der Waals surface area contributed by atoms with Crippen molar-refractivity contribution in [2.75, 3.05) is 157 Å². The van der Waals surface area contributed by atoms with E-state index in [4.69, 9.17) is 51.1 Å². The van der Waals surface area contributed by atoms with E-state index < -0.39 is 10.0 Å². The Balaban J connectivity index is 0.000000118. The zero-order valence-corrected chi connectivity index (χ0v) is 55.6. The molecule has 1 spiro atoms. The number of rotatable bonds is 8. The number of carbonyl (C=O) groups is 2. The SMILES string of the molecule is CC(=O)N1CCC2(CC1)CN(c1cc(Cl)cc3[nH]ncc13)C2.CC(=O)N1CCN(c2cc(Cl)cc3[nH]ncc23)CC1CO.CS(=O)(=O)N1CCN(C2CCN(c3cc(Cl)cc4[nH]ncc34)CC2)CC1.Clc1cc(N2CCC(N3CCOCC3)CC2)c2cn[nH]c2c1. The number of morpholine rings is 1. The van der Waals surface area contributed by atoms with Gasteiger partial charge in [0.2, 0.25) is 21.8 Å². The van der Waals surface area contributed by atoms with Crippen LogP contribution in [0.3, 0.4) is 0 Å². The summed E-state index contributed by atoms with van der Waals surface area (Å²) in [6.07, 6.45) is 15.4. The lowest BCUT2D eigenvalue weighted by Gasteiger charge is -2.55. The van der Waals surface area contributed by atoms with E-state index in [-0.39, 0.29) is 24.5 Å². The van der Waals surface area contributed by atoms with Crippen LogP contribution < -0.4 is 19.6 Å². The number of nitrogens with one attached hydrogen (secondary N) is 4. The smallest absolute Gasteiger partial charge is 0.219 e. The topological polar surface area (TPSA) is 242 Å². The molecule has 15 rings (SSSR count). The van der Waals surface area contributed by atoms with Crippen molar-refractivity contribution in [3.63, 3.8) is 0 Å². The first-order chi connectivity index (χ1) is 43.9. The lowest BCUT2D eigenvalue weighted by molar-refractivity contribution is -0.132. The third-order valence-electron chi connectivity index (χ3n) is 19.5. The summed E-state index contributed by atoms with van der Waals surface area (Å²) in [5, 5.41) is 45.2. The summed E-state index contributed by atoms with van der Waals surface area (Å²) in [6, 6.07) is 16.6. The van der Waals surface area contributed by atoms with Gasteiger partial charge in [0.25, 0.3) is 0 Å². The van der Waals surface area contributed by atoms with Crippen molar-refractivity contribution >= 4 is 135 Å². The molecule has 91 heavy (non-hydrogen) atoms. The van der Waals surface area contributed by atoms with Crippen molar-refractivity contribution in [2.24, 2.45) is 5.41 Å². The van der Waals surface area contributed by atoms with Crippen LogP contribution in [-0.4, -0.2) is 245 Å². The number of likely N-dealkylation sites (tertiary alicyclic amines) is 1. The van der Waals surface area contributed by atoms with Crippen LogP contribution in [0, 0.1) is 5.41 Å². The highest BCUT2D eigenvalue weighted by Crippen LogP contribution is 2.45. The Morgan fingerprint density at radius 1 is 0.527 bits per heavy atom. The van der Waals surface area contributed by atoms with Crippen LogP contribution in [0.4, 0.5) is 22.7 Å². The molecule has 0 aliphatic carbocycles. The van der Waals surface area contributed by atoms with E-state index in [9.17, 15) is 23.1 Å². The maximum atomic E-state index is 11.7. The van der Waals surface area contributed by atoms with Crippen LogP contribution >= 0.6 is 46.4 Å². The molecule has 23 nitrogen and oxygen atoms in total. The van der Waals surface area contributed by atoms with Crippen LogP contribution in [0.5, 0.6) is 0 Å². The quantitative estimate of drug-likeness (QED) is 0.0963. The summed E-state index contributed by atoms with van der Waals surface area (Å²) < 4.78 is 30.4. The predicted octanol–water partition coefficient (Wildman–Crippen LogP) is 8.19. The number of ether oxygens (including phenoxy) is 1. The highest BCUT2D eigenvalue weighted by atomic mass is 35.5. The third-order valence-corrected chi connectivity index (χ3v) is 21.7. The Morgan fingerprint density at radius 3 is 1.31 bits per heavy atom. The highest BCUT2D eigenvalue weighted by Gasteiger charge is 2.46. The number of benzene rings is 4. The lowest BCUT2D eigenvalue weighted by Crippen LogP contribution is -2.60. The van der Waals surface area contributed by atoms with Gasteiger partial charge < -0.3 is 39.2 Å². The fourth-order valence-electron chi connectivity index (χ4n) is 14.5. The van der Waals surface area contributed by atoms with Gasteiger partial charge >= 0.3 is 0 Å². The van der Waals surface area contributed by atoms with E-state index in [2.05, 4.69) is 76.3 Å². The first kappa shape index (κ1) is 64.9. The molecule has 11 heterocycles. The van der Waals surface area contributed by atoms with Gasteiger partial charge in [0, 0.05) is 207 Å². The second-order valence-corrected chi connectivity index (χ2v) is 28.9. The van der Waals surface area contributed by atoms with Crippen molar-refractivity contribution in [1.29, 1.82) is 0 Å². The van der Waals surface area contributed by atoms with Crippen LogP contribution in [-0.2, 0) is 24.3 Å². The number of fused-ring (bicyclic) bond motifs is 4. The maximum Gasteiger partial charge on any atom is 0.219 e. The molecule has 8 aromatic rings. The van der Waals surface area contributed by atoms with Gasteiger partial charge in [-0.05, 0) is 87.1 Å². The Morgan fingerprint density at radius 2 is 0.923 bits per heavy atom. The van der Waals surface area contributed by atoms with Crippen molar-refractivity contribution in [1.82, 2.24) is 64.7 Å². The number of piperazine rings is 2. The first-order valence-electron chi connectivity index (χ1n) is 31.5. The minimum absolute atomic E-state index is 0.00625. The average molecular weight is 1350 g/mol. The summed E-state index contributed by atoms with van der Waals surface area (Å²) in [5.41, 5.74) is 8.69. The van der Waals surface area contributed by atoms with Gasteiger partial charge in [0.05, 0.1) is 79.0 Å². The summed E-state index contributed by atoms with van der Waals surface area (Å²) >= 11 is 24.9. The molecule has 7 fully saturated rings. The maximum absolute atomic E-state index is 11.7. The molecule has 2 amide bonds. The molecule has 4 aromatic carbocycles. The number of sulfonamides is 1. The van der Waals surface area contributed by atoms with Gasteiger partial charge in [-0.2, -0.15) is 24.7 Å². The number of carbonyl (C=O) groups excluding carboxylic acids is 2. The molecule has 28 heteroatoms. The minimum atomic E-state index is -3.07. The van der Waals surface area contributed by atoms with E-state index in [1.807, 2.05) is 66.0 Å². The molecule has 0 saturated carbocycles. The number of amides is 2. The minimum Gasteiger partial charge on any atom is -0.394 e. The molecule has 1 unspecified atom stereocenters. The number of anilines is 4. The summed E-state index contributed by atoms with van der Waals surface area (Å²) in [6.45, 7) is 19.7. The van der Waals surface area contributed by atoms with Crippen LogP contribution in [0.2, 0.25) is 20.1 Å². The van der Waals surface area contributed by atoms with E-state index in [0.29, 0.717) is 55.2 Å². The zero-order valence-electron chi connectivity index (χ0n) is 51.8. The van der Waals surface area contributed by atoms with Gasteiger partial charge in [-0.15, -0.1) is 0 Å². The molecule has 7 saturated heterocycles. The number of piperidine rings is 3. The van der Waals surface area contributed by atoms with Crippen LogP contribution in [0.25, 0.3) is 43.6 Å². The number of aromatic amines is 4.